The van der Waals surface area contributed by atoms with Crippen LogP contribution in [0.2, 0.25) is 0 Å². The Labute approximate surface area is 180 Å². The Balaban J connectivity index is 2.16. The molecule has 0 aliphatic rings. The number of benzene rings is 2. The van der Waals surface area contributed by atoms with Crippen molar-refractivity contribution in [2.24, 2.45) is 0 Å². The van der Waals surface area contributed by atoms with Crippen LogP contribution in [0.5, 0.6) is 5.75 Å². The van der Waals surface area contributed by atoms with Crippen molar-refractivity contribution >= 4 is 89.9 Å². The van der Waals surface area contributed by atoms with Crippen LogP contribution in [-0.2, 0) is 14.9 Å². The van der Waals surface area contributed by atoms with Gasteiger partial charge in [-0.25, -0.2) is 4.79 Å². The maximum atomic E-state index is 11.9. The second-order valence-electron chi connectivity index (χ2n) is 4.50. The van der Waals surface area contributed by atoms with Gasteiger partial charge in [0, 0.05) is 16.8 Å². The van der Waals surface area contributed by atoms with Crippen LogP contribution < -0.4 is 4.74 Å². The van der Waals surface area contributed by atoms with E-state index >= 15 is 0 Å². The Morgan fingerprint density at radius 3 is 2.08 bits per heavy atom. The van der Waals surface area contributed by atoms with Crippen molar-refractivity contribution in [2.45, 2.75) is 4.90 Å². The number of halogens is 3. The predicted octanol–water partition coefficient (Wildman–Crippen LogP) is 4.37. The Kier molecular flexibility index (Phi) is 7.04. The highest BCUT2D eigenvalue weighted by atomic mass is 127. The van der Waals surface area contributed by atoms with E-state index in [1.54, 1.807) is 51.3 Å². The molecule has 1 N–H and O–H groups in total. The fourth-order valence-electron chi connectivity index (χ4n) is 1.73. The monoisotopic (exact) mass is 682 g/mol. The van der Waals surface area contributed by atoms with E-state index in [0.29, 0.717) is 0 Å². The Morgan fingerprint density at radius 2 is 1.58 bits per heavy atom. The molecule has 0 saturated heterocycles. The van der Waals surface area contributed by atoms with Crippen molar-refractivity contribution in [1.29, 1.82) is 0 Å². The lowest BCUT2D eigenvalue weighted by atomic mass is 10.2. The second-order valence-corrected chi connectivity index (χ2v) is 9.43. The van der Waals surface area contributed by atoms with Crippen molar-refractivity contribution < 1.29 is 22.5 Å². The summed E-state index contributed by atoms with van der Waals surface area (Å²) in [5.74, 6) is -0.381. The summed E-state index contributed by atoms with van der Waals surface area (Å²) in [6.45, 7) is 0. The molecule has 0 bridgehead atoms. The lowest BCUT2D eigenvalue weighted by Gasteiger charge is -2.08. The summed E-state index contributed by atoms with van der Waals surface area (Å²) >= 11 is 5.72. The quantitative estimate of drug-likeness (QED) is 0.171. The lowest BCUT2D eigenvalue weighted by Crippen LogP contribution is -2.07. The highest BCUT2D eigenvalue weighted by molar-refractivity contribution is 14.1. The van der Waals surface area contributed by atoms with Gasteiger partial charge in [-0.3, -0.25) is 4.55 Å². The number of carbonyl (C=O) groups excluding carboxylic acids is 1. The maximum absolute atomic E-state index is 11.9. The van der Waals surface area contributed by atoms with Gasteiger partial charge < -0.3 is 4.74 Å². The van der Waals surface area contributed by atoms with Crippen LogP contribution >= 0.6 is 67.8 Å². The second kappa shape index (κ2) is 8.42. The molecule has 0 heterocycles. The van der Waals surface area contributed by atoms with Gasteiger partial charge in [0.15, 0.2) is 0 Å². The normalized spacial score (nSPS) is 11.7. The largest absolute Gasteiger partial charge is 0.423 e. The first-order valence-corrected chi connectivity index (χ1v) is 11.0. The third-order valence-electron chi connectivity index (χ3n) is 2.73. The van der Waals surface area contributed by atoms with Crippen LogP contribution in [0.1, 0.15) is 5.56 Å². The van der Waals surface area contributed by atoms with Gasteiger partial charge in [0.05, 0.1) is 0 Å². The van der Waals surface area contributed by atoms with E-state index < -0.39 is 16.1 Å². The fourth-order valence-corrected chi connectivity index (χ4v) is 6.08. The third-order valence-corrected chi connectivity index (χ3v) is 6.84. The van der Waals surface area contributed by atoms with E-state index in [-0.39, 0.29) is 17.8 Å². The summed E-state index contributed by atoms with van der Waals surface area (Å²) in [6.07, 6.45) is 2.92. The molecule has 0 atom stereocenters. The average Bonchev–Trinajstić information content (AvgIpc) is 2.44. The zero-order valence-corrected chi connectivity index (χ0v) is 19.0. The number of hydrogen-bond donors (Lipinski definition) is 1. The van der Waals surface area contributed by atoms with Gasteiger partial charge in [-0.2, -0.15) is 8.42 Å². The minimum atomic E-state index is -4.33. The van der Waals surface area contributed by atoms with Crippen LogP contribution in [-0.4, -0.2) is 18.9 Å². The SMILES string of the molecule is O=C(/C=C/c1ccc(I)cc1)Oc1cc(I)c(S(=O)(=O)O)c(I)c1. The van der Waals surface area contributed by atoms with E-state index in [1.807, 2.05) is 24.3 Å². The Bertz CT molecular complexity index is 882. The van der Waals surface area contributed by atoms with E-state index in [1.165, 1.54) is 18.2 Å². The zero-order chi connectivity index (χ0) is 17.9. The van der Waals surface area contributed by atoms with Gasteiger partial charge in [-0.15, -0.1) is 0 Å². The number of carbonyl (C=O) groups is 1. The minimum absolute atomic E-state index is 0.196. The summed E-state index contributed by atoms with van der Waals surface area (Å²) in [7, 11) is -4.33. The topological polar surface area (TPSA) is 80.7 Å². The molecule has 126 valence electrons. The summed E-state index contributed by atoms with van der Waals surface area (Å²) in [5.41, 5.74) is 0.859. The minimum Gasteiger partial charge on any atom is -0.423 e. The molecule has 0 aromatic heterocycles. The van der Waals surface area contributed by atoms with Gasteiger partial charge in [-0.05, 0) is 104 Å². The van der Waals surface area contributed by atoms with Crippen molar-refractivity contribution in [3.8, 4) is 5.75 Å². The fraction of sp³-hybridized carbons (Fsp3) is 0. The van der Waals surface area contributed by atoms with Gasteiger partial charge in [0.25, 0.3) is 10.1 Å². The molecule has 0 radical (unpaired) electrons. The van der Waals surface area contributed by atoms with Crippen LogP contribution in [0.3, 0.4) is 0 Å². The molecular weight excluding hydrogens is 673 g/mol. The summed E-state index contributed by atoms with van der Waals surface area (Å²) in [5, 5.41) is 0. The smallest absolute Gasteiger partial charge is 0.336 e. The molecular formula is C15H9I3O5S. The lowest BCUT2D eigenvalue weighted by molar-refractivity contribution is -0.128. The standard InChI is InChI=1S/C15H9I3O5S/c16-10-4-1-9(2-5-10)3-6-14(19)23-11-7-12(17)15(13(18)8-11)24(20,21)22/h1-8H,(H,20,21,22)/b6-3+. The first-order valence-electron chi connectivity index (χ1n) is 6.29. The van der Waals surface area contributed by atoms with Crippen LogP contribution in [0.4, 0.5) is 0 Å². The Morgan fingerprint density at radius 1 is 1.04 bits per heavy atom. The molecule has 0 unspecified atom stereocenters. The molecule has 9 heteroatoms. The van der Waals surface area contributed by atoms with E-state index in [2.05, 4.69) is 22.6 Å². The molecule has 5 nitrogen and oxygen atoms in total. The molecule has 0 aliphatic heterocycles. The molecule has 2 aromatic rings. The van der Waals surface area contributed by atoms with Crippen molar-refractivity contribution in [3.05, 3.63) is 58.7 Å². The van der Waals surface area contributed by atoms with E-state index in [0.717, 1.165) is 9.13 Å². The summed E-state index contributed by atoms with van der Waals surface area (Å²) in [6, 6.07) is 10.3. The number of esters is 1. The molecule has 0 saturated carbocycles. The van der Waals surface area contributed by atoms with Crippen LogP contribution in [0, 0.1) is 10.7 Å². The van der Waals surface area contributed by atoms with Crippen molar-refractivity contribution in [2.75, 3.05) is 0 Å². The first-order chi connectivity index (χ1) is 11.2. The molecule has 0 aliphatic carbocycles. The highest BCUT2D eigenvalue weighted by Crippen LogP contribution is 2.29. The Hall–Kier alpha value is -0.250. The summed E-state index contributed by atoms with van der Waals surface area (Å²) in [4.78, 5) is 11.7. The van der Waals surface area contributed by atoms with E-state index in [9.17, 15) is 17.8 Å². The van der Waals surface area contributed by atoms with Gasteiger partial charge in [-0.1, -0.05) is 12.1 Å². The van der Waals surface area contributed by atoms with Gasteiger partial charge in [0.1, 0.15) is 10.6 Å². The van der Waals surface area contributed by atoms with Crippen molar-refractivity contribution in [3.63, 3.8) is 0 Å². The van der Waals surface area contributed by atoms with Crippen LogP contribution in [0.25, 0.3) is 6.08 Å². The number of rotatable bonds is 4. The first kappa shape index (κ1) is 20.1. The highest BCUT2D eigenvalue weighted by Gasteiger charge is 2.20. The van der Waals surface area contributed by atoms with E-state index in [4.69, 9.17) is 4.74 Å². The third kappa shape index (κ3) is 5.64. The van der Waals surface area contributed by atoms with Crippen molar-refractivity contribution in [1.82, 2.24) is 0 Å². The van der Waals surface area contributed by atoms with Crippen LogP contribution in [0.15, 0.2) is 47.4 Å². The molecule has 0 spiro atoms. The predicted molar refractivity (Wildman–Crippen MR) is 116 cm³/mol. The number of hydrogen-bond acceptors (Lipinski definition) is 4. The van der Waals surface area contributed by atoms with Gasteiger partial charge in [0.2, 0.25) is 0 Å². The molecule has 2 aromatic carbocycles. The molecule has 24 heavy (non-hydrogen) atoms. The van der Waals surface area contributed by atoms with Gasteiger partial charge >= 0.3 is 5.97 Å². The summed E-state index contributed by atoms with van der Waals surface area (Å²) < 4.78 is 38.6. The maximum Gasteiger partial charge on any atom is 0.336 e. The number of ether oxygens (including phenoxy) is 1. The molecule has 0 amide bonds. The zero-order valence-electron chi connectivity index (χ0n) is 11.7. The average molecular weight is 682 g/mol. The molecule has 0 fully saturated rings. The molecule has 2 rings (SSSR count).